The van der Waals surface area contributed by atoms with Crippen LogP contribution in [0.25, 0.3) is 22.2 Å². The van der Waals surface area contributed by atoms with Crippen molar-refractivity contribution in [1.82, 2.24) is 25.1 Å². The number of nitrogens with one attached hydrogen (secondary N) is 1. The van der Waals surface area contributed by atoms with E-state index < -0.39 is 6.09 Å². The maximum atomic E-state index is 11.5. The van der Waals surface area contributed by atoms with Crippen molar-refractivity contribution in [2.75, 3.05) is 7.05 Å². The highest BCUT2D eigenvalue weighted by molar-refractivity contribution is 6.30. The molecule has 0 aliphatic rings. The van der Waals surface area contributed by atoms with Gasteiger partial charge in [0.2, 0.25) is 0 Å². The van der Waals surface area contributed by atoms with E-state index in [4.69, 9.17) is 11.6 Å². The number of carbonyl (C=O) groups is 2. The quantitative estimate of drug-likeness (QED) is 0.695. The predicted octanol–water partition coefficient (Wildman–Crippen LogP) is 2.03. The van der Waals surface area contributed by atoms with Crippen molar-refractivity contribution in [1.29, 1.82) is 0 Å². The smallest absolute Gasteiger partial charge is 0.432 e. The van der Waals surface area contributed by atoms with Crippen LogP contribution in [0.1, 0.15) is 10.5 Å². The number of amides is 1. The third kappa shape index (κ3) is 2.59. The van der Waals surface area contributed by atoms with Crippen molar-refractivity contribution in [3.63, 3.8) is 0 Å². The Labute approximate surface area is 134 Å². The highest BCUT2D eigenvalue weighted by Crippen LogP contribution is 2.28. The van der Waals surface area contributed by atoms with E-state index in [2.05, 4.69) is 20.4 Å². The molecule has 0 fully saturated rings. The molecular weight excluding hydrogens is 322 g/mol. The maximum absolute atomic E-state index is 11.5. The Hall–Kier alpha value is -3.00. The number of carbonyl (C=O) groups excluding carboxylic acids is 1. The summed E-state index contributed by atoms with van der Waals surface area (Å²) in [5, 5.41) is 16.5. The average Bonchev–Trinajstić information content (AvgIpc) is 2.93. The zero-order valence-electron chi connectivity index (χ0n) is 11.8. The van der Waals surface area contributed by atoms with Crippen molar-refractivity contribution in [2.24, 2.45) is 0 Å². The summed E-state index contributed by atoms with van der Waals surface area (Å²) in [6, 6.07) is 4.70. The molecule has 3 aromatic heterocycles. The fourth-order valence-corrected chi connectivity index (χ4v) is 2.30. The first-order valence-corrected chi connectivity index (χ1v) is 6.85. The van der Waals surface area contributed by atoms with Crippen LogP contribution in [0, 0.1) is 0 Å². The van der Waals surface area contributed by atoms with Gasteiger partial charge in [0.25, 0.3) is 5.91 Å². The Balaban J connectivity index is 2.17. The van der Waals surface area contributed by atoms with Gasteiger partial charge in [-0.15, -0.1) is 0 Å². The second-order valence-electron chi connectivity index (χ2n) is 4.58. The number of fused-ring (bicyclic) bond motifs is 1. The van der Waals surface area contributed by atoms with Gasteiger partial charge in [-0.2, -0.15) is 9.78 Å². The highest BCUT2D eigenvalue weighted by Gasteiger charge is 2.17. The molecule has 0 aliphatic heterocycles. The lowest BCUT2D eigenvalue weighted by Gasteiger charge is -2.01. The first kappa shape index (κ1) is 14.9. The number of hydrogen-bond acceptors (Lipinski definition) is 5. The summed E-state index contributed by atoms with van der Waals surface area (Å²) in [7, 11) is 1.51. The molecule has 116 valence electrons. The van der Waals surface area contributed by atoms with E-state index in [9.17, 15) is 14.7 Å². The normalized spacial score (nSPS) is 10.7. The number of halogens is 1. The zero-order valence-corrected chi connectivity index (χ0v) is 12.6. The molecule has 3 rings (SSSR count). The summed E-state index contributed by atoms with van der Waals surface area (Å²) in [6.45, 7) is 0. The Morgan fingerprint density at radius 3 is 2.65 bits per heavy atom. The lowest BCUT2D eigenvalue weighted by Crippen LogP contribution is -2.18. The van der Waals surface area contributed by atoms with Crippen LogP contribution in [0.2, 0.25) is 5.15 Å². The summed E-state index contributed by atoms with van der Waals surface area (Å²) in [4.78, 5) is 30.7. The van der Waals surface area contributed by atoms with Gasteiger partial charge in [0.1, 0.15) is 16.5 Å². The minimum atomic E-state index is -1.24. The fourth-order valence-electron chi connectivity index (χ4n) is 2.14. The summed E-state index contributed by atoms with van der Waals surface area (Å²) in [6.07, 6.45) is 1.56. The third-order valence-electron chi connectivity index (χ3n) is 3.21. The SMILES string of the molecule is CNC(=O)c1ccc(-c2nn(C(=O)O)c3cnc(Cl)cc23)cn1. The van der Waals surface area contributed by atoms with Gasteiger partial charge in [-0.1, -0.05) is 11.6 Å². The van der Waals surface area contributed by atoms with Gasteiger partial charge in [0.05, 0.1) is 11.7 Å². The van der Waals surface area contributed by atoms with Crippen LogP contribution in [-0.2, 0) is 0 Å². The monoisotopic (exact) mass is 331 g/mol. The van der Waals surface area contributed by atoms with Crippen LogP contribution in [0.15, 0.2) is 30.6 Å². The Kier molecular flexibility index (Phi) is 3.67. The van der Waals surface area contributed by atoms with Crippen LogP contribution < -0.4 is 5.32 Å². The largest absolute Gasteiger partial charge is 0.463 e. The van der Waals surface area contributed by atoms with Gasteiger partial charge in [0.15, 0.2) is 0 Å². The fraction of sp³-hybridized carbons (Fsp3) is 0.0714. The van der Waals surface area contributed by atoms with Gasteiger partial charge in [0, 0.05) is 24.2 Å². The molecule has 3 aromatic rings. The highest BCUT2D eigenvalue weighted by atomic mass is 35.5. The molecule has 0 aromatic carbocycles. The van der Waals surface area contributed by atoms with Crippen LogP contribution in [0.3, 0.4) is 0 Å². The van der Waals surface area contributed by atoms with Crippen molar-refractivity contribution in [3.05, 3.63) is 41.4 Å². The van der Waals surface area contributed by atoms with Crippen LogP contribution in [-0.4, -0.2) is 43.9 Å². The molecular formula is C14H10ClN5O3. The van der Waals surface area contributed by atoms with Crippen LogP contribution in [0.4, 0.5) is 4.79 Å². The first-order chi connectivity index (χ1) is 11.0. The molecule has 0 radical (unpaired) electrons. The molecule has 0 saturated carbocycles. The van der Waals surface area contributed by atoms with E-state index in [1.165, 1.54) is 31.6 Å². The van der Waals surface area contributed by atoms with Crippen molar-refractivity contribution < 1.29 is 14.7 Å². The Morgan fingerprint density at radius 1 is 1.26 bits per heavy atom. The molecule has 0 unspecified atom stereocenters. The summed E-state index contributed by atoms with van der Waals surface area (Å²) in [5.74, 6) is -0.315. The van der Waals surface area contributed by atoms with Gasteiger partial charge in [-0.25, -0.2) is 9.78 Å². The molecule has 0 saturated heterocycles. The summed E-state index contributed by atoms with van der Waals surface area (Å²) >= 11 is 5.89. The molecule has 9 heteroatoms. The maximum Gasteiger partial charge on any atom is 0.432 e. The number of carboxylic acid groups (broad SMARTS) is 1. The minimum Gasteiger partial charge on any atom is -0.463 e. The second-order valence-corrected chi connectivity index (χ2v) is 4.97. The first-order valence-electron chi connectivity index (χ1n) is 6.47. The number of hydrogen-bond donors (Lipinski definition) is 2. The average molecular weight is 332 g/mol. The van der Waals surface area contributed by atoms with E-state index in [1.54, 1.807) is 6.07 Å². The van der Waals surface area contributed by atoms with Crippen LogP contribution >= 0.6 is 11.6 Å². The lowest BCUT2D eigenvalue weighted by atomic mass is 10.1. The van der Waals surface area contributed by atoms with Crippen molar-refractivity contribution in [2.45, 2.75) is 0 Å². The second kappa shape index (κ2) is 5.65. The summed E-state index contributed by atoms with van der Waals surface area (Å²) in [5.41, 5.74) is 1.51. The Bertz CT molecular complexity index is 920. The van der Waals surface area contributed by atoms with Gasteiger partial charge in [-0.05, 0) is 18.2 Å². The van der Waals surface area contributed by atoms with Crippen molar-refractivity contribution >= 4 is 34.5 Å². The lowest BCUT2D eigenvalue weighted by molar-refractivity contribution is 0.0958. The zero-order chi connectivity index (χ0) is 16.6. The number of rotatable bonds is 2. The van der Waals surface area contributed by atoms with E-state index in [-0.39, 0.29) is 16.8 Å². The molecule has 0 aliphatic carbocycles. The van der Waals surface area contributed by atoms with E-state index in [1.807, 2.05) is 0 Å². The molecule has 23 heavy (non-hydrogen) atoms. The minimum absolute atomic E-state index is 0.221. The third-order valence-corrected chi connectivity index (χ3v) is 3.42. The standard InChI is InChI=1S/C14H10ClN5O3/c1-16-13(21)9-3-2-7(5-17-9)12-8-4-11(15)18-6-10(8)20(19-12)14(22)23/h2-6H,1H3,(H,16,21)(H,22,23). The topological polar surface area (TPSA) is 110 Å². The summed E-state index contributed by atoms with van der Waals surface area (Å²) < 4.78 is 0.820. The number of pyridine rings is 2. The number of nitrogens with zero attached hydrogens (tertiary/aromatic N) is 4. The molecule has 2 N–H and O–H groups in total. The van der Waals surface area contributed by atoms with E-state index in [0.717, 1.165) is 4.68 Å². The predicted molar refractivity (Wildman–Crippen MR) is 82.6 cm³/mol. The molecule has 1 amide bonds. The van der Waals surface area contributed by atoms with E-state index in [0.29, 0.717) is 22.2 Å². The van der Waals surface area contributed by atoms with Crippen molar-refractivity contribution in [3.8, 4) is 11.3 Å². The van der Waals surface area contributed by atoms with Gasteiger partial charge < -0.3 is 10.4 Å². The molecule has 0 spiro atoms. The van der Waals surface area contributed by atoms with Gasteiger partial charge >= 0.3 is 6.09 Å². The van der Waals surface area contributed by atoms with Gasteiger partial charge in [-0.3, -0.25) is 9.78 Å². The molecule has 8 nitrogen and oxygen atoms in total. The molecule has 0 atom stereocenters. The van der Waals surface area contributed by atoms with Crippen LogP contribution in [0.5, 0.6) is 0 Å². The van der Waals surface area contributed by atoms with E-state index >= 15 is 0 Å². The molecule has 3 heterocycles. The Morgan fingerprint density at radius 2 is 2.04 bits per heavy atom. The molecule has 0 bridgehead atoms. The number of aromatic nitrogens is 4.